The van der Waals surface area contributed by atoms with Gasteiger partial charge >= 0.3 is 5.97 Å². The van der Waals surface area contributed by atoms with Gasteiger partial charge in [0.25, 0.3) is 5.69 Å². The molecular formula is C13H15IN2O5. The molecule has 1 fully saturated rings. The first-order valence-electron chi connectivity index (χ1n) is 6.44. The number of carbonyl (C=O) groups is 1. The second-order valence-electron chi connectivity index (χ2n) is 4.97. The Morgan fingerprint density at radius 3 is 2.67 bits per heavy atom. The molecule has 2 rings (SSSR count). The minimum atomic E-state index is -0.844. The van der Waals surface area contributed by atoms with Crippen LogP contribution in [0.2, 0.25) is 0 Å². The standard InChI is InChI=1S/C13H15IN2O5/c14-10-7-9(16(19)20)1-2-11(10)15-8-13(12(17)18)3-5-21-6-4-13/h1-2,7,15H,3-6,8H2,(H,17,18). The van der Waals surface area contributed by atoms with Gasteiger partial charge in [-0.2, -0.15) is 0 Å². The van der Waals surface area contributed by atoms with Gasteiger partial charge in [-0.05, 0) is 41.5 Å². The molecule has 2 N–H and O–H groups in total. The van der Waals surface area contributed by atoms with E-state index in [1.165, 1.54) is 12.1 Å². The Morgan fingerprint density at radius 1 is 1.48 bits per heavy atom. The first kappa shape index (κ1) is 16.0. The minimum absolute atomic E-state index is 0.0176. The lowest BCUT2D eigenvalue weighted by atomic mass is 9.80. The molecule has 0 spiro atoms. The van der Waals surface area contributed by atoms with Crippen molar-refractivity contribution in [1.82, 2.24) is 0 Å². The molecule has 1 aliphatic heterocycles. The van der Waals surface area contributed by atoms with E-state index in [1.807, 2.05) is 22.6 Å². The van der Waals surface area contributed by atoms with Crippen LogP contribution in [0.1, 0.15) is 12.8 Å². The largest absolute Gasteiger partial charge is 0.481 e. The number of benzene rings is 1. The molecule has 21 heavy (non-hydrogen) atoms. The van der Waals surface area contributed by atoms with Gasteiger partial charge in [0.05, 0.1) is 10.3 Å². The SMILES string of the molecule is O=C(O)C1(CNc2ccc([N+](=O)[O-])cc2I)CCOCC1. The fourth-order valence-electron chi connectivity index (χ4n) is 2.25. The zero-order valence-corrected chi connectivity index (χ0v) is 13.3. The number of hydrogen-bond donors (Lipinski definition) is 2. The molecule has 1 heterocycles. The maximum Gasteiger partial charge on any atom is 0.311 e. The van der Waals surface area contributed by atoms with Gasteiger partial charge in [-0.15, -0.1) is 0 Å². The maximum absolute atomic E-state index is 11.5. The summed E-state index contributed by atoms with van der Waals surface area (Å²) in [6.07, 6.45) is 0.914. The van der Waals surface area contributed by atoms with Crippen molar-refractivity contribution in [1.29, 1.82) is 0 Å². The van der Waals surface area contributed by atoms with Crippen LogP contribution >= 0.6 is 22.6 Å². The molecule has 0 aromatic heterocycles. The van der Waals surface area contributed by atoms with Crippen molar-refractivity contribution in [3.05, 3.63) is 31.9 Å². The Morgan fingerprint density at radius 2 is 2.14 bits per heavy atom. The van der Waals surface area contributed by atoms with Crippen molar-refractivity contribution in [2.75, 3.05) is 25.1 Å². The predicted molar refractivity (Wildman–Crippen MR) is 84.4 cm³/mol. The number of non-ortho nitro benzene ring substituents is 1. The van der Waals surface area contributed by atoms with Gasteiger partial charge < -0.3 is 15.2 Å². The zero-order chi connectivity index (χ0) is 15.5. The van der Waals surface area contributed by atoms with E-state index in [9.17, 15) is 20.0 Å². The smallest absolute Gasteiger partial charge is 0.311 e. The first-order valence-corrected chi connectivity index (χ1v) is 7.51. The van der Waals surface area contributed by atoms with Crippen molar-refractivity contribution in [2.24, 2.45) is 5.41 Å². The Hall–Kier alpha value is -1.42. The summed E-state index contributed by atoms with van der Waals surface area (Å²) in [5, 5.41) is 23.3. The van der Waals surface area contributed by atoms with Crippen LogP contribution < -0.4 is 5.32 Å². The number of anilines is 1. The fraction of sp³-hybridized carbons (Fsp3) is 0.462. The summed E-state index contributed by atoms with van der Waals surface area (Å²) in [6, 6.07) is 4.47. The number of rotatable bonds is 5. The van der Waals surface area contributed by atoms with E-state index in [-0.39, 0.29) is 12.2 Å². The lowest BCUT2D eigenvalue weighted by Gasteiger charge is -2.33. The van der Waals surface area contributed by atoms with Crippen LogP contribution in [-0.2, 0) is 9.53 Å². The number of hydrogen-bond acceptors (Lipinski definition) is 5. The van der Waals surface area contributed by atoms with Gasteiger partial charge in [-0.1, -0.05) is 0 Å². The predicted octanol–water partition coefficient (Wildman–Crippen LogP) is 2.49. The molecule has 1 aromatic rings. The lowest BCUT2D eigenvalue weighted by Crippen LogP contribution is -2.42. The van der Waals surface area contributed by atoms with Crippen molar-refractivity contribution >= 4 is 39.9 Å². The average molecular weight is 406 g/mol. The molecule has 0 unspecified atom stereocenters. The summed E-state index contributed by atoms with van der Waals surface area (Å²) < 4.78 is 5.91. The van der Waals surface area contributed by atoms with Crippen molar-refractivity contribution < 1.29 is 19.6 Å². The highest BCUT2D eigenvalue weighted by Gasteiger charge is 2.40. The van der Waals surface area contributed by atoms with Crippen LogP contribution in [0.4, 0.5) is 11.4 Å². The van der Waals surface area contributed by atoms with Gasteiger partial charge in [0.1, 0.15) is 0 Å². The topological polar surface area (TPSA) is 102 Å². The summed E-state index contributed by atoms with van der Waals surface area (Å²) in [6.45, 7) is 1.15. The highest BCUT2D eigenvalue weighted by atomic mass is 127. The zero-order valence-electron chi connectivity index (χ0n) is 11.2. The molecular weight excluding hydrogens is 391 g/mol. The van der Waals surface area contributed by atoms with Gasteiger partial charge in [-0.3, -0.25) is 14.9 Å². The lowest BCUT2D eigenvalue weighted by molar-refractivity contribution is -0.384. The van der Waals surface area contributed by atoms with Gasteiger partial charge in [0.2, 0.25) is 0 Å². The second-order valence-corrected chi connectivity index (χ2v) is 6.13. The molecule has 114 valence electrons. The molecule has 7 nitrogen and oxygen atoms in total. The summed E-state index contributed by atoms with van der Waals surface area (Å²) in [7, 11) is 0. The van der Waals surface area contributed by atoms with E-state index in [1.54, 1.807) is 6.07 Å². The third-order valence-corrected chi connectivity index (χ3v) is 4.58. The quantitative estimate of drug-likeness (QED) is 0.443. The maximum atomic E-state index is 11.5. The molecule has 0 aliphatic carbocycles. The van der Waals surface area contributed by atoms with E-state index in [0.717, 1.165) is 0 Å². The monoisotopic (exact) mass is 406 g/mol. The van der Waals surface area contributed by atoms with Gasteiger partial charge in [0, 0.05) is 41.1 Å². The number of nitrogens with one attached hydrogen (secondary N) is 1. The Balaban J connectivity index is 2.11. The number of aliphatic carboxylic acids is 1. The Labute approximate surface area is 135 Å². The normalized spacial score (nSPS) is 17.2. The van der Waals surface area contributed by atoms with E-state index in [4.69, 9.17) is 4.74 Å². The molecule has 0 radical (unpaired) electrons. The highest BCUT2D eigenvalue weighted by Crippen LogP contribution is 2.32. The molecule has 1 saturated heterocycles. The third-order valence-electron chi connectivity index (χ3n) is 3.68. The van der Waals surface area contributed by atoms with Gasteiger partial charge in [-0.25, -0.2) is 0 Å². The van der Waals surface area contributed by atoms with E-state index >= 15 is 0 Å². The van der Waals surface area contributed by atoms with Crippen LogP contribution in [0, 0.1) is 19.1 Å². The van der Waals surface area contributed by atoms with Crippen LogP contribution in [0.5, 0.6) is 0 Å². The molecule has 1 aromatic carbocycles. The number of halogens is 1. The number of nitrogens with zero attached hydrogens (tertiary/aromatic N) is 1. The van der Waals surface area contributed by atoms with Crippen molar-refractivity contribution in [2.45, 2.75) is 12.8 Å². The summed E-state index contributed by atoms with van der Waals surface area (Å²) in [5.41, 5.74) is -0.124. The third kappa shape index (κ3) is 3.62. The van der Waals surface area contributed by atoms with Crippen molar-refractivity contribution in [3.8, 4) is 0 Å². The molecule has 0 amide bonds. The van der Waals surface area contributed by atoms with Crippen LogP contribution in [-0.4, -0.2) is 35.8 Å². The fourth-order valence-corrected chi connectivity index (χ4v) is 2.94. The number of carboxylic acid groups (broad SMARTS) is 1. The number of ether oxygens (including phenoxy) is 1. The number of nitro benzene ring substituents is 1. The minimum Gasteiger partial charge on any atom is -0.481 e. The molecule has 0 bridgehead atoms. The van der Waals surface area contributed by atoms with Crippen LogP contribution in [0.25, 0.3) is 0 Å². The average Bonchev–Trinajstić information content (AvgIpc) is 2.46. The first-order chi connectivity index (χ1) is 9.94. The summed E-state index contributed by atoms with van der Waals surface area (Å²) in [4.78, 5) is 21.8. The molecule has 0 saturated carbocycles. The second kappa shape index (κ2) is 6.56. The summed E-state index contributed by atoms with van der Waals surface area (Å²) in [5.74, 6) is -0.838. The van der Waals surface area contributed by atoms with E-state index in [2.05, 4.69) is 5.32 Å². The Kier molecular flexibility index (Phi) is 4.99. The van der Waals surface area contributed by atoms with Crippen LogP contribution in [0.3, 0.4) is 0 Å². The van der Waals surface area contributed by atoms with Crippen LogP contribution in [0.15, 0.2) is 18.2 Å². The molecule has 0 atom stereocenters. The van der Waals surface area contributed by atoms with E-state index in [0.29, 0.717) is 35.3 Å². The molecule has 1 aliphatic rings. The van der Waals surface area contributed by atoms with Crippen molar-refractivity contribution in [3.63, 3.8) is 0 Å². The van der Waals surface area contributed by atoms with Gasteiger partial charge in [0.15, 0.2) is 0 Å². The Bertz CT molecular complexity index is 557. The molecule has 8 heteroatoms. The van der Waals surface area contributed by atoms with E-state index < -0.39 is 16.3 Å². The highest BCUT2D eigenvalue weighted by molar-refractivity contribution is 14.1. The number of nitro groups is 1. The summed E-state index contributed by atoms with van der Waals surface area (Å²) >= 11 is 2.00. The number of carboxylic acids is 1.